The highest BCUT2D eigenvalue weighted by molar-refractivity contribution is 7.99. The first kappa shape index (κ1) is 10.9. The summed E-state index contributed by atoms with van der Waals surface area (Å²) in [5, 5.41) is 8.41. The standard InChI is InChI=1S/C11H11N3OS/c1-14-8-12-13-11(14)16-7-10(15)9-5-3-2-4-6-9/h2-6,8H,7H2,1H3. The van der Waals surface area contributed by atoms with Gasteiger partial charge in [0.1, 0.15) is 6.33 Å². The van der Waals surface area contributed by atoms with Crippen molar-refractivity contribution in [1.82, 2.24) is 14.8 Å². The molecular formula is C11H11N3OS. The molecule has 0 unspecified atom stereocenters. The Morgan fingerprint density at radius 1 is 1.38 bits per heavy atom. The van der Waals surface area contributed by atoms with Crippen molar-refractivity contribution in [2.24, 2.45) is 7.05 Å². The fourth-order valence-corrected chi connectivity index (χ4v) is 2.02. The Morgan fingerprint density at radius 3 is 2.75 bits per heavy atom. The fraction of sp³-hybridized carbons (Fsp3) is 0.182. The zero-order valence-electron chi connectivity index (χ0n) is 8.83. The van der Waals surface area contributed by atoms with Gasteiger partial charge in [0.25, 0.3) is 0 Å². The highest BCUT2D eigenvalue weighted by Crippen LogP contribution is 2.15. The van der Waals surface area contributed by atoms with Gasteiger partial charge in [-0.15, -0.1) is 10.2 Å². The van der Waals surface area contributed by atoms with Gasteiger partial charge in [-0.05, 0) is 0 Å². The number of carbonyl (C=O) groups is 1. The molecule has 16 heavy (non-hydrogen) atoms. The number of carbonyl (C=O) groups excluding carboxylic acids is 1. The molecule has 0 saturated carbocycles. The Morgan fingerprint density at radius 2 is 2.12 bits per heavy atom. The number of Topliss-reactive ketones (excluding diaryl/α,β-unsaturated/α-hetero) is 1. The summed E-state index contributed by atoms with van der Waals surface area (Å²) in [5.41, 5.74) is 0.733. The van der Waals surface area contributed by atoms with Gasteiger partial charge in [-0.25, -0.2) is 0 Å². The van der Waals surface area contributed by atoms with Crippen LogP contribution in [0.25, 0.3) is 0 Å². The van der Waals surface area contributed by atoms with Crippen LogP contribution in [0, 0.1) is 0 Å². The number of hydrogen-bond donors (Lipinski definition) is 0. The Bertz CT molecular complexity index is 481. The zero-order chi connectivity index (χ0) is 11.4. The molecule has 4 nitrogen and oxygen atoms in total. The lowest BCUT2D eigenvalue weighted by atomic mass is 10.2. The molecule has 5 heteroatoms. The van der Waals surface area contributed by atoms with Crippen LogP contribution in [-0.4, -0.2) is 26.3 Å². The summed E-state index contributed by atoms with van der Waals surface area (Å²) in [6.07, 6.45) is 1.62. The maximum absolute atomic E-state index is 11.8. The van der Waals surface area contributed by atoms with Crippen LogP contribution in [0.1, 0.15) is 10.4 Å². The molecule has 0 bridgehead atoms. The van der Waals surface area contributed by atoms with Crippen molar-refractivity contribution in [3.8, 4) is 0 Å². The second-order valence-corrected chi connectivity index (χ2v) is 4.24. The molecule has 82 valence electrons. The smallest absolute Gasteiger partial charge is 0.191 e. The number of ketones is 1. The van der Waals surface area contributed by atoms with Crippen molar-refractivity contribution >= 4 is 17.5 Å². The lowest BCUT2D eigenvalue weighted by molar-refractivity contribution is 0.102. The summed E-state index contributed by atoms with van der Waals surface area (Å²) in [4.78, 5) is 11.8. The number of rotatable bonds is 4. The highest BCUT2D eigenvalue weighted by atomic mass is 32.2. The van der Waals surface area contributed by atoms with E-state index in [2.05, 4.69) is 10.2 Å². The van der Waals surface area contributed by atoms with Crippen molar-refractivity contribution in [1.29, 1.82) is 0 Å². The van der Waals surface area contributed by atoms with Crippen LogP contribution in [0.5, 0.6) is 0 Å². The molecule has 0 saturated heterocycles. The average molecular weight is 233 g/mol. The average Bonchev–Trinajstić information content (AvgIpc) is 2.73. The first-order chi connectivity index (χ1) is 7.77. The molecule has 2 rings (SSSR count). The summed E-state index contributed by atoms with van der Waals surface area (Å²) < 4.78 is 1.79. The summed E-state index contributed by atoms with van der Waals surface area (Å²) in [6.45, 7) is 0. The molecule has 0 amide bonds. The molecule has 0 atom stereocenters. The summed E-state index contributed by atoms with van der Waals surface area (Å²) in [5.74, 6) is 0.491. The van der Waals surface area contributed by atoms with Gasteiger partial charge in [0, 0.05) is 12.6 Å². The van der Waals surface area contributed by atoms with Crippen molar-refractivity contribution in [3.05, 3.63) is 42.2 Å². The van der Waals surface area contributed by atoms with Crippen LogP contribution in [0.4, 0.5) is 0 Å². The Hall–Kier alpha value is -1.62. The molecule has 2 aromatic rings. The van der Waals surface area contributed by atoms with Crippen LogP contribution in [-0.2, 0) is 7.05 Å². The third kappa shape index (κ3) is 2.49. The van der Waals surface area contributed by atoms with Gasteiger partial charge in [-0.2, -0.15) is 0 Å². The number of thioether (sulfide) groups is 1. The largest absolute Gasteiger partial charge is 0.312 e. The summed E-state index contributed by atoms with van der Waals surface area (Å²) >= 11 is 1.40. The minimum Gasteiger partial charge on any atom is -0.312 e. The van der Waals surface area contributed by atoms with Crippen LogP contribution in [0.2, 0.25) is 0 Å². The topological polar surface area (TPSA) is 47.8 Å². The Kier molecular flexibility index (Phi) is 3.36. The minimum absolute atomic E-state index is 0.105. The zero-order valence-corrected chi connectivity index (χ0v) is 9.65. The molecule has 0 radical (unpaired) electrons. The number of aromatic nitrogens is 3. The Labute approximate surface area is 97.7 Å². The first-order valence-electron chi connectivity index (χ1n) is 4.82. The van der Waals surface area contributed by atoms with Gasteiger partial charge in [0.2, 0.25) is 0 Å². The molecule has 0 aliphatic carbocycles. The lowest BCUT2D eigenvalue weighted by Gasteiger charge is -2.00. The van der Waals surface area contributed by atoms with Crippen LogP contribution >= 0.6 is 11.8 Å². The highest BCUT2D eigenvalue weighted by Gasteiger charge is 2.08. The predicted octanol–water partition coefficient (Wildman–Crippen LogP) is 1.79. The van der Waals surface area contributed by atoms with Gasteiger partial charge < -0.3 is 4.57 Å². The second kappa shape index (κ2) is 4.94. The normalized spacial score (nSPS) is 10.3. The first-order valence-corrected chi connectivity index (χ1v) is 5.81. The van der Waals surface area contributed by atoms with Crippen molar-refractivity contribution in [2.75, 3.05) is 5.75 Å². The molecule has 0 fully saturated rings. The van der Waals surface area contributed by atoms with Gasteiger partial charge in [-0.1, -0.05) is 42.1 Å². The summed E-state index contributed by atoms with van der Waals surface area (Å²) in [6, 6.07) is 9.26. The quantitative estimate of drug-likeness (QED) is 0.596. The van der Waals surface area contributed by atoms with E-state index in [9.17, 15) is 4.79 Å². The van der Waals surface area contributed by atoms with Crippen LogP contribution in [0.15, 0.2) is 41.8 Å². The van der Waals surface area contributed by atoms with E-state index in [1.807, 2.05) is 37.4 Å². The van der Waals surface area contributed by atoms with E-state index in [1.54, 1.807) is 10.9 Å². The lowest BCUT2D eigenvalue weighted by Crippen LogP contribution is -2.03. The molecule has 0 spiro atoms. The summed E-state index contributed by atoms with van der Waals surface area (Å²) in [7, 11) is 1.86. The Balaban J connectivity index is 1.97. The molecular weight excluding hydrogens is 222 g/mol. The van der Waals surface area contributed by atoms with E-state index in [1.165, 1.54) is 11.8 Å². The molecule has 1 heterocycles. The van der Waals surface area contributed by atoms with Gasteiger partial charge >= 0.3 is 0 Å². The number of hydrogen-bond acceptors (Lipinski definition) is 4. The van der Waals surface area contributed by atoms with Crippen LogP contribution < -0.4 is 0 Å². The van der Waals surface area contributed by atoms with E-state index >= 15 is 0 Å². The van der Waals surface area contributed by atoms with E-state index in [4.69, 9.17) is 0 Å². The molecule has 1 aromatic carbocycles. The van der Waals surface area contributed by atoms with Gasteiger partial charge in [0.05, 0.1) is 5.75 Å². The molecule has 1 aromatic heterocycles. The third-order valence-corrected chi connectivity index (χ3v) is 3.13. The van der Waals surface area contributed by atoms with Crippen molar-refractivity contribution < 1.29 is 4.79 Å². The second-order valence-electron chi connectivity index (χ2n) is 3.30. The molecule has 0 aliphatic rings. The molecule has 0 N–H and O–H groups in total. The van der Waals surface area contributed by atoms with E-state index in [-0.39, 0.29) is 5.78 Å². The van der Waals surface area contributed by atoms with Crippen LogP contribution in [0.3, 0.4) is 0 Å². The predicted molar refractivity (Wildman–Crippen MR) is 62.5 cm³/mol. The maximum atomic E-state index is 11.8. The number of nitrogens with zero attached hydrogens (tertiary/aromatic N) is 3. The fourth-order valence-electron chi connectivity index (χ4n) is 1.24. The monoisotopic (exact) mass is 233 g/mol. The minimum atomic E-state index is 0.105. The molecule has 0 aliphatic heterocycles. The SMILES string of the molecule is Cn1cnnc1SCC(=O)c1ccccc1. The van der Waals surface area contributed by atoms with E-state index in [0.717, 1.165) is 10.7 Å². The maximum Gasteiger partial charge on any atom is 0.191 e. The van der Waals surface area contributed by atoms with Crippen molar-refractivity contribution in [2.45, 2.75) is 5.16 Å². The number of benzene rings is 1. The van der Waals surface area contributed by atoms with Crippen molar-refractivity contribution in [3.63, 3.8) is 0 Å². The number of aryl methyl sites for hydroxylation is 1. The van der Waals surface area contributed by atoms with E-state index < -0.39 is 0 Å². The van der Waals surface area contributed by atoms with Gasteiger partial charge in [-0.3, -0.25) is 4.79 Å². The third-order valence-electron chi connectivity index (χ3n) is 2.10. The van der Waals surface area contributed by atoms with Gasteiger partial charge in [0.15, 0.2) is 10.9 Å². The van der Waals surface area contributed by atoms with E-state index in [0.29, 0.717) is 5.75 Å².